The number of fused-ring (bicyclic) bond motifs is 2. The number of aryl methyl sites for hydroxylation is 1. The highest BCUT2D eigenvalue weighted by molar-refractivity contribution is 5.99. The molecule has 2 aromatic carbocycles. The molecule has 4 atom stereocenters. The fourth-order valence-electron chi connectivity index (χ4n) is 6.55. The first-order valence-corrected chi connectivity index (χ1v) is 14.1. The quantitative estimate of drug-likeness (QED) is 0.257. The lowest BCUT2D eigenvalue weighted by atomic mass is 9.82. The van der Waals surface area contributed by atoms with E-state index in [1.54, 1.807) is 12.1 Å². The molecule has 0 radical (unpaired) electrons. The van der Waals surface area contributed by atoms with Crippen LogP contribution in [0.2, 0.25) is 0 Å². The first kappa shape index (κ1) is 29.1. The van der Waals surface area contributed by atoms with Gasteiger partial charge < -0.3 is 20.5 Å². The van der Waals surface area contributed by atoms with Crippen molar-refractivity contribution in [3.05, 3.63) is 70.6 Å². The molecule has 10 heteroatoms. The smallest absolute Gasteiger partial charge is 0.419 e. The van der Waals surface area contributed by atoms with E-state index in [0.717, 1.165) is 49.3 Å². The van der Waals surface area contributed by atoms with Gasteiger partial charge in [0.1, 0.15) is 11.6 Å². The number of hydrogen-bond acceptors (Lipinski definition) is 4. The summed E-state index contributed by atoms with van der Waals surface area (Å²) in [6.07, 6.45) is 3.28. The van der Waals surface area contributed by atoms with E-state index in [1.807, 2.05) is 6.07 Å². The van der Waals surface area contributed by atoms with Crippen LogP contribution in [-0.4, -0.2) is 36.7 Å². The Labute approximate surface area is 236 Å². The van der Waals surface area contributed by atoms with Crippen LogP contribution in [0.3, 0.4) is 0 Å². The largest absolute Gasteiger partial charge is 0.496 e. The number of benzene rings is 2. The van der Waals surface area contributed by atoms with Gasteiger partial charge in [0.05, 0.1) is 24.2 Å². The summed E-state index contributed by atoms with van der Waals surface area (Å²) in [5, 5.41) is 14.9. The third kappa shape index (κ3) is 5.98. The number of allylic oxidation sites excluding steroid dienone is 1. The second-order valence-corrected chi connectivity index (χ2v) is 11.2. The molecule has 3 aliphatic rings. The van der Waals surface area contributed by atoms with Crippen LogP contribution in [0.1, 0.15) is 60.0 Å². The van der Waals surface area contributed by atoms with Gasteiger partial charge in [0, 0.05) is 24.3 Å². The van der Waals surface area contributed by atoms with Gasteiger partial charge in [-0.3, -0.25) is 9.59 Å². The first-order chi connectivity index (χ1) is 19.6. The van der Waals surface area contributed by atoms with E-state index in [9.17, 15) is 32.3 Å². The van der Waals surface area contributed by atoms with Gasteiger partial charge in [-0.2, -0.15) is 13.2 Å². The maximum Gasteiger partial charge on any atom is 0.419 e. The number of hydrogen-bond donors (Lipinski definition) is 3. The maximum atomic E-state index is 13.9. The summed E-state index contributed by atoms with van der Waals surface area (Å²) in [4.78, 5) is 27.3. The number of carbonyl (C=O) groups excluding carboxylic acids is 2. The predicted molar refractivity (Wildman–Crippen MR) is 145 cm³/mol. The van der Waals surface area contributed by atoms with Gasteiger partial charge in [-0.25, -0.2) is 4.39 Å². The van der Waals surface area contributed by atoms with Crippen LogP contribution in [-0.2, 0) is 17.4 Å². The molecule has 0 saturated heterocycles. The van der Waals surface area contributed by atoms with E-state index in [0.29, 0.717) is 42.2 Å². The number of nitrogens with one attached hydrogen (secondary N) is 2. The number of halogens is 4. The van der Waals surface area contributed by atoms with Crippen LogP contribution in [0.25, 0.3) is 0 Å². The van der Waals surface area contributed by atoms with Crippen molar-refractivity contribution in [2.24, 2.45) is 23.7 Å². The van der Waals surface area contributed by atoms with Crippen LogP contribution in [0.15, 0.2) is 48.0 Å². The van der Waals surface area contributed by atoms with Gasteiger partial charge in [0.15, 0.2) is 0 Å². The number of ether oxygens (including phenoxy) is 1. The normalized spacial score (nSPS) is 24.8. The second kappa shape index (κ2) is 11.8. The molecule has 2 amide bonds. The first-order valence-electron chi connectivity index (χ1n) is 14.1. The number of anilines is 1. The molecule has 3 fully saturated rings. The molecule has 0 spiro atoms. The highest BCUT2D eigenvalue weighted by Crippen LogP contribution is 2.54. The third-order valence-electron chi connectivity index (χ3n) is 8.75. The number of aliphatic hydroxyl groups excluding tert-OH is 1. The highest BCUT2D eigenvalue weighted by Gasteiger charge is 2.55. The Morgan fingerprint density at radius 1 is 1.07 bits per heavy atom. The van der Waals surface area contributed by atoms with Crippen LogP contribution in [0.4, 0.5) is 23.2 Å². The van der Waals surface area contributed by atoms with E-state index < -0.39 is 41.3 Å². The SMILES string of the molecule is COc1ccc(CCCO)cc1C(=O)N[C@@H]1C2CCC(/C2=C/C2CCC2)[C@@H]1C(=O)Nc1ccc(F)c(C(F)(F)F)c1. The van der Waals surface area contributed by atoms with E-state index in [-0.39, 0.29) is 24.1 Å². The van der Waals surface area contributed by atoms with Crippen molar-refractivity contribution in [2.45, 2.75) is 57.2 Å². The molecule has 2 unspecified atom stereocenters. The highest BCUT2D eigenvalue weighted by atomic mass is 19.4. The van der Waals surface area contributed by atoms with E-state index in [2.05, 4.69) is 16.7 Å². The Morgan fingerprint density at radius 3 is 2.49 bits per heavy atom. The Kier molecular flexibility index (Phi) is 8.40. The fraction of sp³-hybridized carbons (Fsp3) is 0.484. The van der Waals surface area contributed by atoms with Gasteiger partial charge >= 0.3 is 6.18 Å². The molecule has 5 rings (SSSR count). The molecular formula is C31H34F4N2O4. The molecule has 2 bridgehead atoms. The Morgan fingerprint density at radius 2 is 1.83 bits per heavy atom. The van der Waals surface area contributed by atoms with Crippen molar-refractivity contribution >= 4 is 17.5 Å². The van der Waals surface area contributed by atoms with Crippen LogP contribution in [0, 0.1) is 29.5 Å². The molecule has 0 aromatic heterocycles. The summed E-state index contributed by atoms with van der Waals surface area (Å²) in [5.74, 6) is -2.45. The number of alkyl halides is 3. The standard InChI is InChI=1S/C31H34F4N2O4/c1-41-26-12-7-18(6-3-13-38)15-23(26)29(39)37-28-21-10-9-20(22(21)14-17-4-2-5-17)27(28)30(40)36-19-8-11-25(32)24(16-19)31(33,34)35/h7-8,11-12,14-17,20-21,27-28,38H,2-6,9-10,13H2,1H3,(H,36,40)(H,37,39)/b22-14-/t20?,21?,27-,28+/m0/s1. The van der Waals surface area contributed by atoms with Crippen LogP contribution in [0.5, 0.6) is 5.75 Å². The summed E-state index contributed by atoms with van der Waals surface area (Å²) < 4.78 is 59.2. The minimum absolute atomic E-state index is 0.0180. The zero-order valence-electron chi connectivity index (χ0n) is 22.8. The molecule has 0 heterocycles. The van der Waals surface area contributed by atoms with Gasteiger partial charge in [-0.15, -0.1) is 0 Å². The van der Waals surface area contributed by atoms with E-state index >= 15 is 0 Å². The summed E-state index contributed by atoms with van der Waals surface area (Å²) in [6, 6.07) is 7.07. The Hall–Kier alpha value is -3.40. The molecule has 220 valence electrons. The van der Waals surface area contributed by atoms with Crippen molar-refractivity contribution in [3.63, 3.8) is 0 Å². The molecule has 3 N–H and O–H groups in total. The van der Waals surface area contributed by atoms with Gasteiger partial charge in [-0.1, -0.05) is 24.1 Å². The molecule has 6 nitrogen and oxygen atoms in total. The molecule has 3 saturated carbocycles. The zero-order valence-corrected chi connectivity index (χ0v) is 22.8. The van der Waals surface area contributed by atoms with Crippen molar-refractivity contribution in [2.75, 3.05) is 19.0 Å². The van der Waals surface area contributed by atoms with Crippen molar-refractivity contribution in [3.8, 4) is 5.75 Å². The van der Waals surface area contributed by atoms with E-state index in [4.69, 9.17) is 4.74 Å². The van der Waals surface area contributed by atoms with Crippen LogP contribution >= 0.6 is 0 Å². The number of aliphatic hydroxyl groups is 1. The zero-order chi connectivity index (χ0) is 29.3. The second-order valence-electron chi connectivity index (χ2n) is 11.2. The molecule has 41 heavy (non-hydrogen) atoms. The average Bonchev–Trinajstić information content (AvgIpc) is 3.44. The lowest BCUT2D eigenvalue weighted by molar-refractivity contribution is -0.140. The van der Waals surface area contributed by atoms with Crippen molar-refractivity contribution in [1.82, 2.24) is 5.32 Å². The van der Waals surface area contributed by atoms with Crippen LogP contribution < -0.4 is 15.4 Å². The minimum atomic E-state index is -4.91. The van der Waals surface area contributed by atoms with Crippen molar-refractivity contribution in [1.29, 1.82) is 0 Å². The number of carbonyl (C=O) groups is 2. The predicted octanol–water partition coefficient (Wildman–Crippen LogP) is 5.90. The Bertz CT molecular complexity index is 1340. The number of amides is 2. The van der Waals surface area contributed by atoms with Gasteiger partial charge in [0.2, 0.25) is 5.91 Å². The minimum Gasteiger partial charge on any atom is -0.496 e. The fourth-order valence-corrected chi connectivity index (χ4v) is 6.55. The molecule has 3 aliphatic carbocycles. The molecule has 2 aromatic rings. The number of methoxy groups -OCH3 is 1. The topological polar surface area (TPSA) is 87.7 Å². The summed E-state index contributed by atoms with van der Waals surface area (Å²) in [6.45, 7) is 0.0180. The van der Waals surface area contributed by atoms with E-state index in [1.165, 1.54) is 7.11 Å². The maximum absolute atomic E-state index is 13.9. The average molecular weight is 575 g/mol. The molecule has 0 aliphatic heterocycles. The molecular weight excluding hydrogens is 540 g/mol. The number of rotatable bonds is 9. The summed E-state index contributed by atoms with van der Waals surface area (Å²) in [7, 11) is 1.46. The third-order valence-corrected chi connectivity index (χ3v) is 8.75. The lowest BCUT2D eigenvalue weighted by Crippen LogP contribution is -2.48. The van der Waals surface area contributed by atoms with Crippen molar-refractivity contribution < 1.29 is 37.0 Å². The Balaban J connectivity index is 1.43. The van der Waals surface area contributed by atoms with Gasteiger partial charge in [0.25, 0.3) is 5.91 Å². The summed E-state index contributed by atoms with van der Waals surface area (Å²) in [5.41, 5.74) is 0.697. The monoisotopic (exact) mass is 574 g/mol. The lowest BCUT2D eigenvalue weighted by Gasteiger charge is -2.30. The summed E-state index contributed by atoms with van der Waals surface area (Å²) >= 11 is 0. The van der Waals surface area contributed by atoms with Gasteiger partial charge in [-0.05, 0) is 86.3 Å².